The molecule has 2 aromatic rings. The molecule has 0 spiro atoms. The first-order valence-corrected chi connectivity index (χ1v) is 20.3. The Balaban J connectivity index is 1.35. The monoisotopic (exact) mass is 733 g/mol. The van der Waals surface area contributed by atoms with Gasteiger partial charge in [0.1, 0.15) is 18.2 Å². The molecule has 0 saturated heterocycles. The third-order valence-corrected chi connectivity index (χ3v) is 10.2. The number of halogens is 1. The lowest BCUT2D eigenvalue weighted by Gasteiger charge is -2.22. The molecule has 0 amide bonds. The van der Waals surface area contributed by atoms with Crippen molar-refractivity contribution in [2.24, 2.45) is 10.7 Å². The van der Waals surface area contributed by atoms with Crippen LogP contribution in [0.1, 0.15) is 139 Å². The van der Waals surface area contributed by atoms with Crippen LogP contribution in [0.25, 0.3) is 0 Å². The molecule has 12 heteroatoms. The second kappa shape index (κ2) is 25.7. The van der Waals surface area contributed by atoms with Gasteiger partial charge in [-0.15, -0.1) is 0 Å². The largest absolute Gasteiger partial charge is 0.382 e. The van der Waals surface area contributed by atoms with Crippen molar-refractivity contribution in [3.8, 4) is 6.07 Å². The number of aliphatic imine (C=N–C) groups is 1. The number of nitrogens with zero attached hydrogens (tertiary/aromatic N) is 3. The van der Waals surface area contributed by atoms with Crippen molar-refractivity contribution in [1.82, 2.24) is 4.68 Å². The van der Waals surface area contributed by atoms with Crippen molar-refractivity contribution in [2.75, 3.05) is 32.4 Å². The maximum atomic E-state index is 10.6. The summed E-state index contributed by atoms with van der Waals surface area (Å²) in [6.45, 7) is 3.41. The van der Waals surface area contributed by atoms with Gasteiger partial charge in [0.15, 0.2) is 0 Å². The summed E-state index contributed by atoms with van der Waals surface area (Å²) < 4.78 is 25.3. The van der Waals surface area contributed by atoms with Gasteiger partial charge in [0.05, 0.1) is 43.7 Å². The van der Waals surface area contributed by atoms with Crippen molar-refractivity contribution >= 4 is 26.0 Å². The highest BCUT2D eigenvalue weighted by molar-refractivity contribution is 7.40. The van der Waals surface area contributed by atoms with E-state index in [0.29, 0.717) is 36.1 Å². The van der Waals surface area contributed by atoms with E-state index in [1.54, 1.807) is 19.2 Å². The fourth-order valence-electron chi connectivity index (χ4n) is 6.21. The van der Waals surface area contributed by atoms with Gasteiger partial charge in [0.25, 0.3) is 0 Å². The van der Waals surface area contributed by atoms with E-state index < -0.39 is 8.60 Å². The van der Waals surface area contributed by atoms with Crippen LogP contribution in [0.15, 0.2) is 35.3 Å². The molecule has 1 aliphatic rings. The molecule has 1 aromatic carbocycles. The Kier molecular flexibility index (Phi) is 21.7. The number of hydrogen-bond donors (Lipinski definition) is 3. The van der Waals surface area contributed by atoms with Crippen molar-refractivity contribution in [3.63, 3.8) is 0 Å². The number of rotatable bonds is 29. The molecular weight excluding hydrogens is 673 g/mol. The maximum absolute atomic E-state index is 10.6. The van der Waals surface area contributed by atoms with Gasteiger partial charge in [-0.2, -0.15) is 5.26 Å². The highest BCUT2D eigenvalue weighted by atomic mass is 35.5. The zero-order valence-corrected chi connectivity index (χ0v) is 32.1. The van der Waals surface area contributed by atoms with Crippen LogP contribution in [0, 0.1) is 11.3 Å². The Morgan fingerprint density at radius 3 is 2.16 bits per heavy atom. The van der Waals surface area contributed by atoms with Crippen LogP contribution in [0.4, 0.5) is 0 Å². The molecular formula is C38H61ClN5O5P. The average molecular weight is 734 g/mol. The molecule has 0 aliphatic carbocycles. The summed E-state index contributed by atoms with van der Waals surface area (Å²) in [6, 6.07) is 11.3. The predicted molar refractivity (Wildman–Crippen MR) is 204 cm³/mol. The summed E-state index contributed by atoms with van der Waals surface area (Å²) >= 11 is 6.21. The molecule has 10 nitrogen and oxygen atoms in total. The Bertz CT molecular complexity index is 1290. The van der Waals surface area contributed by atoms with Crippen molar-refractivity contribution < 1.29 is 23.4 Å². The van der Waals surface area contributed by atoms with Crippen molar-refractivity contribution in [1.29, 1.82) is 5.26 Å². The number of fused-ring (bicyclic) bond motifs is 1. The van der Waals surface area contributed by atoms with Gasteiger partial charge in [0.2, 0.25) is 0 Å². The Hall–Kier alpha value is -2.22. The molecule has 280 valence electrons. The third kappa shape index (κ3) is 16.9. The Morgan fingerprint density at radius 1 is 0.920 bits per heavy atom. The number of aryl methyl sites for hydroxylation is 1. The van der Waals surface area contributed by atoms with E-state index >= 15 is 0 Å². The van der Waals surface area contributed by atoms with Gasteiger partial charge in [-0.05, 0) is 55.2 Å². The predicted octanol–water partition coefficient (Wildman–Crippen LogP) is 9.28. The van der Waals surface area contributed by atoms with Gasteiger partial charge in [-0.1, -0.05) is 115 Å². The number of aromatic nitrogens is 1. The lowest BCUT2D eigenvalue weighted by atomic mass is 10.0. The molecule has 4 N–H and O–H groups in total. The van der Waals surface area contributed by atoms with Crippen LogP contribution in [0.3, 0.4) is 0 Å². The third-order valence-electron chi connectivity index (χ3n) is 9.20. The summed E-state index contributed by atoms with van der Waals surface area (Å²) in [4.78, 5) is 14.8. The molecule has 2 heterocycles. The highest BCUT2D eigenvalue weighted by Crippen LogP contribution is 2.34. The van der Waals surface area contributed by atoms with Crippen LogP contribution in [-0.4, -0.2) is 54.6 Å². The molecule has 0 bridgehead atoms. The van der Waals surface area contributed by atoms with Gasteiger partial charge in [-0.3, -0.25) is 4.68 Å². The zero-order valence-electron chi connectivity index (χ0n) is 30.4. The summed E-state index contributed by atoms with van der Waals surface area (Å²) in [6.07, 6.45) is 21.5. The number of unbranched alkanes of at least 4 members (excludes halogenated alkanes) is 14. The van der Waals surface area contributed by atoms with E-state index in [1.807, 2.05) is 22.9 Å². The second-order valence-electron chi connectivity index (χ2n) is 13.3. The second-order valence-corrected chi connectivity index (χ2v) is 14.7. The van der Waals surface area contributed by atoms with E-state index in [4.69, 9.17) is 35.9 Å². The first-order chi connectivity index (χ1) is 24.4. The first kappa shape index (κ1) is 42.2. The summed E-state index contributed by atoms with van der Waals surface area (Å²) in [5.74, 6) is 0.519. The summed E-state index contributed by atoms with van der Waals surface area (Å²) in [5, 5.41) is 9.83. The highest BCUT2D eigenvalue weighted by Gasteiger charge is 2.19. The van der Waals surface area contributed by atoms with E-state index in [2.05, 4.69) is 23.4 Å². The van der Waals surface area contributed by atoms with E-state index in [9.17, 15) is 10.2 Å². The quantitative estimate of drug-likeness (QED) is 0.0556. The molecule has 0 saturated carbocycles. The van der Waals surface area contributed by atoms with Crippen molar-refractivity contribution in [2.45, 2.75) is 141 Å². The molecule has 0 radical (unpaired) electrons. The standard InChI is InChI=1S/C38H61ClN5O5P/c1-3-4-5-6-7-8-9-10-11-12-13-14-15-16-17-18-36(47-27-32-23-31(26-40)24-33(39)25-32)29-49-50(45)48-28-35(46-2)21-19-34-20-22-37-38(41)42-30-43-44(34)37/h20,22-25,35-36,43,45H,3-19,21,27-30H2,1-2H3,(H2,41,42). The van der Waals surface area contributed by atoms with Crippen LogP contribution >= 0.6 is 20.2 Å². The summed E-state index contributed by atoms with van der Waals surface area (Å²) in [5.41, 5.74) is 12.5. The number of nitriles is 1. The molecule has 3 atom stereocenters. The fourth-order valence-corrected chi connectivity index (χ4v) is 7.13. The van der Waals surface area contributed by atoms with Crippen molar-refractivity contribution in [3.05, 3.63) is 57.9 Å². The maximum Gasteiger partial charge on any atom is 0.330 e. The number of methoxy groups -OCH3 is 1. The van der Waals surface area contributed by atoms with Gasteiger partial charge >= 0.3 is 8.60 Å². The van der Waals surface area contributed by atoms with Crippen LogP contribution in [-0.2, 0) is 31.5 Å². The number of amidine groups is 1. The molecule has 3 unspecified atom stereocenters. The Morgan fingerprint density at radius 2 is 1.54 bits per heavy atom. The smallest absolute Gasteiger partial charge is 0.330 e. The minimum absolute atomic E-state index is 0.202. The summed E-state index contributed by atoms with van der Waals surface area (Å²) in [7, 11) is -0.473. The normalized spacial score (nSPS) is 14.4. The minimum atomic E-state index is -2.11. The number of benzene rings is 1. The Labute approximate surface area is 307 Å². The van der Waals surface area contributed by atoms with Crippen LogP contribution in [0.5, 0.6) is 0 Å². The van der Waals surface area contributed by atoms with E-state index in [0.717, 1.165) is 42.6 Å². The van der Waals surface area contributed by atoms with Gasteiger partial charge < -0.3 is 34.6 Å². The lowest BCUT2D eigenvalue weighted by molar-refractivity contribution is -0.00528. The zero-order chi connectivity index (χ0) is 35.8. The molecule has 50 heavy (non-hydrogen) atoms. The van der Waals surface area contributed by atoms with Gasteiger partial charge in [-0.25, -0.2) is 4.99 Å². The topological polar surface area (TPSA) is 136 Å². The molecule has 0 fully saturated rings. The molecule has 1 aromatic heterocycles. The van der Waals surface area contributed by atoms with E-state index in [-0.39, 0.29) is 25.4 Å². The first-order valence-electron chi connectivity index (χ1n) is 18.8. The van der Waals surface area contributed by atoms with Gasteiger partial charge in [0, 0.05) is 17.8 Å². The minimum Gasteiger partial charge on any atom is -0.382 e. The van der Waals surface area contributed by atoms with E-state index in [1.165, 1.54) is 83.5 Å². The number of nitrogens with two attached hydrogens (primary N) is 1. The average Bonchev–Trinajstić information content (AvgIpc) is 3.54. The number of hydrogen-bond acceptors (Lipinski definition) is 9. The van der Waals surface area contributed by atoms with Crippen LogP contribution < -0.4 is 11.2 Å². The lowest BCUT2D eigenvalue weighted by Crippen LogP contribution is -2.32. The SMILES string of the molecule is CCCCCCCCCCCCCCCCCC(COP(O)OCC(CCc1ccc2n1NCN=C2N)OC)OCc1cc(Cl)cc(C#N)c1. The number of nitrogens with one attached hydrogen (secondary N) is 1. The fraction of sp³-hybridized carbons (Fsp3) is 0.684. The van der Waals surface area contributed by atoms with Crippen LogP contribution in [0.2, 0.25) is 5.02 Å². The number of ether oxygens (including phenoxy) is 2. The molecule has 3 rings (SSSR count). The molecule has 1 aliphatic heterocycles.